The van der Waals surface area contributed by atoms with E-state index >= 15 is 0 Å². The van der Waals surface area contributed by atoms with Crippen LogP contribution in [-0.2, 0) is 12.0 Å². The zero-order valence-corrected chi connectivity index (χ0v) is 16.4. The average molecular weight is 401 g/mol. The van der Waals surface area contributed by atoms with Crippen molar-refractivity contribution in [3.63, 3.8) is 0 Å². The third-order valence-electron chi connectivity index (χ3n) is 3.93. The maximum absolute atomic E-state index is 5.82. The van der Waals surface area contributed by atoms with Gasteiger partial charge in [-0.25, -0.2) is 0 Å². The monoisotopic (exact) mass is 400 g/mol. The molecule has 0 radical (unpaired) electrons. The van der Waals surface area contributed by atoms with Crippen LogP contribution in [0.5, 0.6) is 5.75 Å². The van der Waals surface area contributed by atoms with Crippen LogP contribution >= 0.6 is 15.9 Å². The van der Waals surface area contributed by atoms with Crippen molar-refractivity contribution in [2.45, 2.75) is 39.7 Å². The zero-order valence-electron chi connectivity index (χ0n) is 14.8. The van der Waals surface area contributed by atoms with Gasteiger partial charge in [-0.3, -0.25) is 0 Å². The van der Waals surface area contributed by atoms with Crippen molar-refractivity contribution in [3.8, 4) is 17.1 Å². The first-order valence-electron chi connectivity index (χ1n) is 8.15. The normalized spacial score (nSPS) is 11.6. The highest BCUT2D eigenvalue weighted by Gasteiger charge is 2.16. The third-order valence-corrected chi connectivity index (χ3v) is 4.55. The molecule has 0 aliphatic rings. The van der Waals surface area contributed by atoms with Gasteiger partial charge in [0.2, 0.25) is 5.82 Å². The van der Waals surface area contributed by atoms with Gasteiger partial charge in [0.05, 0.1) is 4.47 Å². The van der Waals surface area contributed by atoms with Gasteiger partial charge in [0.15, 0.2) is 6.61 Å². The molecule has 0 amide bonds. The molecule has 0 bridgehead atoms. The van der Waals surface area contributed by atoms with E-state index in [9.17, 15) is 0 Å². The summed E-state index contributed by atoms with van der Waals surface area (Å²) in [7, 11) is 0. The van der Waals surface area contributed by atoms with Crippen LogP contribution in [0, 0.1) is 6.92 Å². The highest BCUT2D eigenvalue weighted by atomic mass is 79.9. The van der Waals surface area contributed by atoms with Gasteiger partial charge in [0, 0.05) is 5.56 Å². The van der Waals surface area contributed by atoms with Crippen LogP contribution in [0.4, 0.5) is 0 Å². The largest absolute Gasteiger partial charge is 0.483 e. The molecular weight excluding hydrogens is 380 g/mol. The minimum atomic E-state index is 0.0937. The number of benzene rings is 2. The van der Waals surface area contributed by atoms with Gasteiger partial charge in [-0.2, -0.15) is 4.98 Å². The Bertz CT molecular complexity index is 864. The molecule has 0 spiro atoms. The number of aromatic nitrogens is 2. The summed E-state index contributed by atoms with van der Waals surface area (Å²) < 4.78 is 12.0. The lowest BCUT2D eigenvalue weighted by Gasteiger charge is -2.20. The highest BCUT2D eigenvalue weighted by Crippen LogP contribution is 2.32. The van der Waals surface area contributed by atoms with Crippen LogP contribution in [0.25, 0.3) is 11.4 Å². The summed E-state index contributed by atoms with van der Waals surface area (Å²) in [6.45, 7) is 8.81. The molecule has 3 rings (SSSR count). The highest BCUT2D eigenvalue weighted by molar-refractivity contribution is 9.10. The maximum Gasteiger partial charge on any atom is 0.264 e. The molecule has 2 aromatic carbocycles. The number of rotatable bonds is 4. The van der Waals surface area contributed by atoms with E-state index in [1.807, 2.05) is 37.3 Å². The van der Waals surface area contributed by atoms with Crippen LogP contribution in [0.2, 0.25) is 0 Å². The predicted octanol–water partition coefficient (Wildman–Crippen LogP) is 5.68. The number of ether oxygens (including phenoxy) is 1. The lowest BCUT2D eigenvalue weighted by molar-refractivity contribution is 0.241. The molecule has 25 heavy (non-hydrogen) atoms. The molecule has 0 unspecified atom stereocenters. The van der Waals surface area contributed by atoms with Crippen LogP contribution in [0.15, 0.2) is 51.5 Å². The predicted molar refractivity (Wildman–Crippen MR) is 102 cm³/mol. The minimum absolute atomic E-state index is 0.0937. The molecule has 0 atom stereocenters. The summed E-state index contributed by atoms with van der Waals surface area (Å²) in [5.41, 5.74) is 3.46. The molecule has 0 aliphatic heterocycles. The van der Waals surface area contributed by atoms with E-state index in [0.29, 0.717) is 11.7 Å². The van der Waals surface area contributed by atoms with Gasteiger partial charge in [0.25, 0.3) is 5.89 Å². The first-order valence-corrected chi connectivity index (χ1v) is 8.95. The quantitative estimate of drug-likeness (QED) is 0.564. The molecule has 5 heteroatoms. The molecule has 4 nitrogen and oxygen atoms in total. The van der Waals surface area contributed by atoms with Gasteiger partial charge >= 0.3 is 0 Å². The molecule has 0 aliphatic carbocycles. The second kappa shape index (κ2) is 7.00. The molecule has 130 valence electrons. The summed E-state index contributed by atoms with van der Waals surface area (Å²) in [6.07, 6.45) is 0. The Balaban J connectivity index is 1.69. The number of aryl methyl sites for hydroxylation is 1. The standard InChI is InChI=1S/C20H21BrN2O2/c1-13-5-7-14(8-6-13)19-22-18(25-23-19)12-24-17-10-9-15(11-16(17)21)20(2,3)4/h5-11H,12H2,1-4H3. The fourth-order valence-electron chi connectivity index (χ4n) is 2.36. The molecule has 0 N–H and O–H groups in total. The first-order chi connectivity index (χ1) is 11.8. The van der Waals surface area contributed by atoms with Gasteiger partial charge < -0.3 is 9.26 Å². The second-order valence-electron chi connectivity index (χ2n) is 7.06. The van der Waals surface area contributed by atoms with E-state index in [-0.39, 0.29) is 12.0 Å². The van der Waals surface area contributed by atoms with Crippen molar-refractivity contribution in [2.75, 3.05) is 0 Å². The summed E-state index contributed by atoms with van der Waals surface area (Å²) in [5.74, 6) is 1.77. The third kappa shape index (κ3) is 4.28. The second-order valence-corrected chi connectivity index (χ2v) is 7.92. The van der Waals surface area contributed by atoms with Crippen LogP contribution < -0.4 is 4.74 Å². The maximum atomic E-state index is 5.82. The number of hydrogen-bond donors (Lipinski definition) is 0. The van der Waals surface area contributed by atoms with E-state index in [2.05, 4.69) is 59.0 Å². The lowest BCUT2D eigenvalue weighted by atomic mass is 9.87. The summed E-state index contributed by atoms with van der Waals surface area (Å²) >= 11 is 3.57. The average Bonchev–Trinajstić information content (AvgIpc) is 3.02. The van der Waals surface area contributed by atoms with Gasteiger partial charge in [-0.1, -0.05) is 61.8 Å². The SMILES string of the molecule is Cc1ccc(-c2noc(COc3ccc(C(C)(C)C)cc3Br)n2)cc1. The zero-order chi connectivity index (χ0) is 18.0. The Morgan fingerprint density at radius 1 is 1.08 bits per heavy atom. The van der Waals surface area contributed by atoms with Crippen molar-refractivity contribution >= 4 is 15.9 Å². The van der Waals surface area contributed by atoms with Crippen LogP contribution in [0.1, 0.15) is 37.8 Å². The van der Waals surface area contributed by atoms with E-state index in [0.717, 1.165) is 15.8 Å². The van der Waals surface area contributed by atoms with Crippen molar-refractivity contribution in [3.05, 3.63) is 64.0 Å². The Morgan fingerprint density at radius 2 is 1.80 bits per heavy atom. The smallest absolute Gasteiger partial charge is 0.264 e. The Labute approximate surface area is 156 Å². The summed E-state index contributed by atoms with van der Waals surface area (Å²) in [4.78, 5) is 4.39. The van der Waals surface area contributed by atoms with Crippen molar-refractivity contribution in [1.82, 2.24) is 10.1 Å². The molecular formula is C20H21BrN2O2. The van der Waals surface area contributed by atoms with Crippen LogP contribution in [-0.4, -0.2) is 10.1 Å². The van der Waals surface area contributed by atoms with Gasteiger partial charge in [0.1, 0.15) is 5.75 Å². The molecule has 1 heterocycles. The van der Waals surface area contributed by atoms with Crippen molar-refractivity contribution in [2.24, 2.45) is 0 Å². The Morgan fingerprint density at radius 3 is 2.44 bits per heavy atom. The number of hydrogen-bond acceptors (Lipinski definition) is 4. The summed E-state index contributed by atoms with van der Waals surface area (Å²) in [6, 6.07) is 14.1. The summed E-state index contributed by atoms with van der Waals surface area (Å²) in [5, 5.41) is 4.02. The molecule has 3 aromatic rings. The van der Waals surface area contributed by atoms with Crippen molar-refractivity contribution < 1.29 is 9.26 Å². The fourth-order valence-corrected chi connectivity index (χ4v) is 2.85. The van der Waals surface area contributed by atoms with Gasteiger partial charge in [-0.05, 0) is 46.0 Å². The Hall–Kier alpha value is -2.14. The minimum Gasteiger partial charge on any atom is -0.483 e. The Kier molecular flexibility index (Phi) is 4.95. The fraction of sp³-hybridized carbons (Fsp3) is 0.300. The van der Waals surface area contributed by atoms with E-state index in [1.165, 1.54) is 11.1 Å². The van der Waals surface area contributed by atoms with E-state index in [4.69, 9.17) is 9.26 Å². The van der Waals surface area contributed by atoms with Crippen LogP contribution in [0.3, 0.4) is 0 Å². The van der Waals surface area contributed by atoms with Crippen molar-refractivity contribution in [1.29, 1.82) is 0 Å². The molecule has 0 saturated carbocycles. The topological polar surface area (TPSA) is 48.2 Å². The molecule has 0 saturated heterocycles. The molecule has 1 aromatic heterocycles. The lowest BCUT2D eigenvalue weighted by Crippen LogP contribution is -2.11. The first kappa shape index (κ1) is 17.7. The number of nitrogens with zero attached hydrogens (tertiary/aromatic N) is 2. The van der Waals surface area contributed by atoms with E-state index < -0.39 is 0 Å². The number of halogens is 1. The van der Waals surface area contributed by atoms with Gasteiger partial charge in [-0.15, -0.1) is 0 Å². The van der Waals surface area contributed by atoms with E-state index in [1.54, 1.807) is 0 Å². The molecule has 0 fully saturated rings.